The highest BCUT2D eigenvalue weighted by Gasteiger charge is 2.42. The smallest absolute Gasteiger partial charge is 0.290 e. The number of benzene rings is 2. The first-order valence-corrected chi connectivity index (χ1v) is 10.1. The number of aromatic hydroxyl groups is 1. The molecule has 1 N–H and O–H groups in total. The summed E-state index contributed by atoms with van der Waals surface area (Å²) >= 11 is 0. The van der Waals surface area contributed by atoms with Crippen LogP contribution in [-0.2, 0) is 0 Å². The molecule has 1 aromatic heterocycles. The Morgan fingerprint density at radius 2 is 1.73 bits per heavy atom. The molecule has 1 unspecified atom stereocenters. The zero-order valence-electron chi connectivity index (χ0n) is 17.7. The fraction of sp³-hybridized carbons (Fsp3) is 0.333. The van der Waals surface area contributed by atoms with Crippen molar-refractivity contribution in [3.05, 3.63) is 74.6 Å². The predicted molar refractivity (Wildman–Crippen MR) is 116 cm³/mol. The van der Waals surface area contributed by atoms with Crippen LogP contribution in [0, 0.1) is 13.8 Å². The second kappa shape index (κ2) is 7.61. The van der Waals surface area contributed by atoms with Crippen molar-refractivity contribution < 1.29 is 14.3 Å². The molecular formula is C24H26N2O4. The zero-order chi connectivity index (χ0) is 21.6. The third kappa shape index (κ3) is 3.37. The van der Waals surface area contributed by atoms with E-state index in [2.05, 4.69) is 4.90 Å². The number of hydrogen-bond donors (Lipinski definition) is 1. The summed E-state index contributed by atoms with van der Waals surface area (Å²) in [5.41, 5.74) is 3.44. The van der Waals surface area contributed by atoms with Gasteiger partial charge in [-0.15, -0.1) is 0 Å². The summed E-state index contributed by atoms with van der Waals surface area (Å²) < 4.78 is 6.02. The normalized spacial score (nSPS) is 16.0. The van der Waals surface area contributed by atoms with Crippen molar-refractivity contribution in [2.75, 3.05) is 27.2 Å². The van der Waals surface area contributed by atoms with Crippen LogP contribution in [0.15, 0.2) is 45.6 Å². The number of hydrogen-bond acceptors (Lipinski definition) is 5. The number of phenolic OH excluding ortho intramolecular Hbond substituents is 1. The lowest BCUT2D eigenvalue weighted by molar-refractivity contribution is 0.0722. The van der Waals surface area contributed by atoms with Crippen LogP contribution in [0.5, 0.6) is 5.75 Å². The Hall–Kier alpha value is -3.12. The van der Waals surface area contributed by atoms with E-state index >= 15 is 0 Å². The highest BCUT2D eigenvalue weighted by molar-refractivity contribution is 5.99. The van der Waals surface area contributed by atoms with E-state index in [9.17, 15) is 14.7 Å². The van der Waals surface area contributed by atoms with E-state index in [4.69, 9.17) is 4.42 Å². The Labute approximate surface area is 175 Å². The monoisotopic (exact) mass is 406 g/mol. The van der Waals surface area contributed by atoms with Gasteiger partial charge in [-0.2, -0.15) is 0 Å². The molecule has 2 heterocycles. The van der Waals surface area contributed by atoms with Crippen molar-refractivity contribution in [3.8, 4) is 5.75 Å². The average Bonchev–Trinajstić information content (AvgIpc) is 2.97. The summed E-state index contributed by atoms with van der Waals surface area (Å²) in [6.45, 7) is 5.24. The molecule has 1 atom stereocenters. The Balaban J connectivity index is 1.90. The van der Waals surface area contributed by atoms with Gasteiger partial charge in [0.15, 0.2) is 5.43 Å². The number of carbonyl (C=O) groups is 1. The Kier molecular flexibility index (Phi) is 5.12. The lowest BCUT2D eigenvalue weighted by Gasteiger charge is -2.25. The first kappa shape index (κ1) is 20.2. The van der Waals surface area contributed by atoms with Gasteiger partial charge < -0.3 is 19.3 Å². The first-order chi connectivity index (χ1) is 14.3. The van der Waals surface area contributed by atoms with E-state index in [0.29, 0.717) is 23.1 Å². The van der Waals surface area contributed by atoms with Crippen molar-refractivity contribution in [1.29, 1.82) is 0 Å². The minimum Gasteiger partial charge on any atom is -0.508 e. The molecule has 1 amide bonds. The maximum Gasteiger partial charge on any atom is 0.290 e. The number of nitrogens with zero attached hydrogens (tertiary/aromatic N) is 2. The molecule has 0 bridgehead atoms. The number of amides is 1. The molecular weight excluding hydrogens is 380 g/mol. The predicted octanol–water partition coefficient (Wildman–Crippen LogP) is 3.61. The maximum atomic E-state index is 13.5. The van der Waals surface area contributed by atoms with Crippen LogP contribution in [-0.4, -0.2) is 48.0 Å². The lowest BCUT2D eigenvalue weighted by atomic mass is 9.97. The summed E-state index contributed by atoms with van der Waals surface area (Å²) in [4.78, 5) is 30.6. The van der Waals surface area contributed by atoms with Crippen molar-refractivity contribution in [2.45, 2.75) is 26.3 Å². The van der Waals surface area contributed by atoms with E-state index in [1.54, 1.807) is 29.2 Å². The van der Waals surface area contributed by atoms with Crippen LogP contribution in [0.3, 0.4) is 0 Å². The second-order valence-corrected chi connectivity index (χ2v) is 8.26. The molecule has 0 radical (unpaired) electrons. The van der Waals surface area contributed by atoms with E-state index in [-0.39, 0.29) is 22.8 Å². The number of fused-ring (bicyclic) bond motifs is 2. The van der Waals surface area contributed by atoms with Crippen molar-refractivity contribution in [1.82, 2.24) is 9.80 Å². The van der Waals surface area contributed by atoms with Crippen LogP contribution in [0.1, 0.15) is 45.3 Å². The molecule has 0 fully saturated rings. The van der Waals surface area contributed by atoms with Crippen molar-refractivity contribution in [3.63, 3.8) is 0 Å². The van der Waals surface area contributed by atoms with Gasteiger partial charge in [0.05, 0.1) is 17.0 Å². The molecule has 2 aromatic carbocycles. The highest BCUT2D eigenvalue weighted by atomic mass is 16.3. The van der Waals surface area contributed by atoms with Gasteiger partial charge in [0.2, 0.25) is 5.76 Å². The van der Waals surface area contributed by atoms with Crippen molar-refractivity contribution in [2.24, 2.45) is 0 Å². The summed E-state index contributed by atoms with van der Waals surface area (Å²) in [5, 5.41) is 10.2. The molecule has 156 valence electrons. The molecule has 0 saturated heterocycles. The molecule has 4 rings (SSSR count). The first-order valence-electron chi connectivity index (χ1n) is 10.1. The molecule has 30 heavy (non-hydrogen) atoms. The van der Waals surface area contributed by atoms with Gasteiger partial charge in [-0.25, -0.2) is 0 Å². The van der Waals surface area contributed by atoms with E-state index in [1.165, 1.54) is 0 Å². The summed E-state index contributed by atoms with van der Waals surface area (Å²) in [7, 11) is 3.97. The van der Waals surface area contributed by atoms with Gasteiger partial charge in [0.25, 0.3) is 5.91 Å². The third-order valence-electron chi connectivity index (χ3n) is 5.80. The van der Waals surface area contributed by atoms with Crippen LogP contribution < -0.4 is 5.43 Å². The van der Waals surface area contributed by atoms with E-state index in [0.717, 1.165) is 29.7 Å². The van der Waals surface area contributed by atoms with Crippen LogP contribution >= 0.6 is 0 Å². The number of aryl methyl sites for hydroxylation is 2. The summed E-state index contributed by atoms with van der Waals surface area (Å²) in [5.74, 6) is -0.00293. The third-order valence-corrected chi connectivity index (χ3v) is 5.80. The van der Waals surface area contributed by atoms with Gasteiger partial charge in [-0.05, 0) is 81.9 Å². The molecule has 1 aliphatic heterocycles. The van der Waals surface area contributed by atoms with E-state index in [1.807, 2.05) is 40.1 Å². The Morgan fingerprint density at radius 1 is 1.07 bits per heavy atom. The quantitative estimate of drug-likeness (QED) is 0.701. The molecule has 3 aromatic rings. The lowest BCUT2D eigenvalue weighted by Crippen LogP contribution is -2.32. The maximum absolute atomic E-state index is 13.5. The minimum absolute atomic E-state index is 0.124. The number of phenols is 1. The van der Waals surface area contributed by atoms with Crippen LogP contribution in [0.2, 0.25) is 0 Å². The highest BCUT2D eigenvalue weighted by Crippen LogP contribution is 2.38. The number of rotatable bonds is 5. The summed E-state index contributed by atoms with van der Waals surface area (Å²) in [6, 6.07) is 9.79. The van der Waals surface area contributed by atoms with Gasteiger partial charge in [0, 0.05) is 6.54 Å². The van der Waals surface area contributed by atoms with Gasteiger partial charge in [0.1, 0.15) is 11.3 Å². The van der Waals surface area contributed by atoms with Gasteiger partial charge in [-0.3, -0.25) is 9.59 Å². The summed E-state index contributed by atoms with van der Waals surface area (Å²) in [6.07, 6.45) is 0.771. The minimum atomic E-state index is -0.530. The standard InChI is InChI=1S/C24H26N2O4/c1-14-12-18-19(13-15(14)2)30-23-20(22(18)28)21(16-6-8-17(27)9-7-16)26(24(23)29)11-5-10-25(3)4/h6-9,12-13,21,27H,5,10-11H2,1-4H3. The molecule has 0 aliphatic carbocycles. The fourth-order valence-electron chi connectivity index (χ4n) is 4.07. The molecule has 0 saturated carbocycles. The molecule has 6 heteroatoms. The molecule has 6 nitrogen and oxygen atoms in total. The number of carbonyl (C=O) groups excluding carboxylic acids is 1. The second-order valence-electron chi connectivity index (χ2n) is 8.26. The Bertz CT molecular complexity index is 1180. The van der Waals surface area contributed by atoms with Crippen LogP contribution in [0.4, 0.5) is 0 Å². The Morgan fingerprint density at radius 3 is 2.40 bits per heavy atom. The van der Waals surface area contributed by atoms with Crippen LogP contribution in [0.25, 0.3) is 11.0 Å². The van der Waals surface area contributed by atoms with Gasteiger partial charge in [-0.1, -0.05) is 12.1 Å². The molecule has 0 spiro atoms. The topological polar surface area (TPSA) is 74.0 Å². The van der Waals surface area contributed by atoms with Gasteiger partial charge >= 0.3 is 0 Å². The largest absolute Gasteiger partial charge is 0.508 e. The SMILES string of the molecule is Cc1cc2oc3c(c(=O)c2cc1C)C(c1ccc(O)cc1)N(CCCN(C)C)C3=O. The van der Waals surface area contributed by atoms with E-state index < -0.39 is 6.04 Å². The van der Waals surface area contributed by atoms with Crippen molar-refractivity contribution >= 4 is 16.9 Å². The fourth-order valence-corrected chi connectivity index (χ4v) is 4.07. The molecule has 1 aliphatic rings. The average molecular weight is 406 g/mol. The zero-order valence-corrected chi connectivity index (χ0v) is 17.7.